The van der Waals surface area contributed by atoms with Gasteiger partial charge in [0.1, 0.15) is 0 Å². The number of fused-ring (bicyclic) bond motifs is 1. The summed E-state index contributed by atoms with van der Waals surface area (Å²) >= 11 is 0. The van der Waals surface area contributed by atoms with Crippen LogP contribution in [0.25, 0.3) is 11.0 Å². The lowest BCUT2D eigenvalue weighted by Crippen LogP contribution is -2.00. The molecule has 2 rings (SSSR count). The van der Waals surface area contributed by atoms with Gasteiger partial charge >= 0.3 is 5.69 Å². The first-order valence-corrected chi connectivity index (χ1v) is 4.75. The van der Waals surface area contributed by atoms with Crippen LogP contribution in [0, 0.1) is 10.1 Å². The van der Waals surface area contributed by atoms with E-state index in [9.17, 15) is 10.1 Å². The molecule has 0 spiro atoms. The molecule has 2 aromatic heterocycles. The van der Waals surface area contributed by atoms with Crippen LogP contribution in [-0.2, 0) is 0 Å². The van der Waals surface area contributed by atoms with Crippen LogP contribution in [0.4, 0.5) is 5.69 Å². The van der Waals surface area contributed by atoms with Crippen LogP contribution < -0.4 is 4.74 Å². The minimum atomic E-state index is -0.509. The Hall–Kier alpha value is -2.24. The molecule has 0 amide bonds. The topological polar surface area (TPSA) is 78.2 Å². The van der Waals surface area contributed by atoms with Crippen molar-refractivity contribution >= 4 is 16.7 Å². The van der Waals surface area contributed by atoms with Crippen LogP contribution >= 0.6 is 0 Å². The SMILES string of the molecule is CCOc1nc2ncccc2cc1[N+](=O)[O-]. The highest BCUT2D eigenvalue weighted by Gasteiger charge is 2.18. The lowest BCUT2D eigenvalue weighted by atomic mass is 10.2. The molecule has 82 valence electrons. The number of nitro groups is 1. The van der Waals surface area contributed by atoms with Gasteiger partial charge in [-0.1, -0.05) is 0 Å². The molecule has 16 heavy (non-hydrogen) atoms. The van der Waals surface area contributed by atoms with Gasteiger partial charge in [-0.05, 0) is 19.1 Å². The van der Waals surface area contributed by atoms with Gasteiger partial charge in [-0.25, -0.2) is 4.98 Å². The van der Waals surface area contributed by atoms with Crippen LogP contribution in [0.2, 0.25) is 0 Å². The number of ether oxygens (including phenoxy) is 1. The van der Waals surface area contributed by atoms with Gasteiger partial charge < -0.3 is 4.74 Å². The maximum Gasteiger partial charge on any atom is 0.331 e. The van der Waals surface area contributed by atoms with Crippen molar-refractivity contribution in [3.63, 3.8) is 0 Å². The van der Waals surface area contributed by atoms with Crippen LogP contribution in [-0.4, -0.2) is 21.5 Å². The van der Waals surface area contributed by atoms with Crippen molar-refractivity contribution in [1.29, 1.82) is 0 Å². The first-order valence-electron chi connectivity index (χ1n) is 4.75. The van der Waals surface area contributed by atoms with Crippen molar-refractivity contribution in [1.82, 2.24) is 9.97 Å². The molecule has 0 aliphatic heterocycles. The molecule has 6 heteroatoms. The standard InChI is InChI=1S/C10H9N3O3/c1-2-16-10-8(13(14)15)6-7-4-3-5-11-9(7)12-10/h3-6H,2H2,1H3. The second kappa shape index (κ2) is 4.09. The summed E-state index contributed by atoms with van der Waals surface area (Å²) in [4.78, 5) is 18.3. The fourth-order valence-corrected chi connectivity index (χ4v) is 1.35. The van der Waals surface area contributed by atoms with E-state index in [1.807, 2.05) is 0 Å². The maximum absolute atomic E-state index is 10.8. The summed E-state index contributed by atoms with van der Waals surface area (Å²) in [5, 5.41) is 11.4. The Bertz CT molecular complexity index is 542. The Balaban J connectivity index is 2.65. The Labute approximate surface area is 91.0 Å². The van der Waals surface area contributed by atoms with Crippen LogP contribution in [0.1, 0.15) is 6.92 Å². The molecule has 0 atom stereocenters. The Kier molecular flexibility index (Phi) is 2.63. The van der Waals surface area contributed by atoms with Gasteiger partial charge in [0, 0.05) is 17.6 Å². The Morgan fingerprint density at radius 3 is 3.06 bits per heavy atom. The summed E-state index contributed by atoms with van der Waals surface area (Å²) in [5.41, 5.74) is 0.305. The molecule has 6 nitrogen and oxygen atoms in total. The summed E-state index contributed by atoms with van der Waals surface area (Å²) in [5.74, 6) is 0.0127. The number of pyridine rings is 2. The predicted molar refractivity (Wildman–Crippen MR) is 57.4 cm³/mol. The average molecular weight is 219 g/mol. The van der Waals surface area contributed by atoms with Gasteiger partial charge in [-0.15, -0.1) is 0 Å². The number of hydrogen-bond acceptors (Lipinski definition) is 5. The van der Waals surface area contributed by atoms with Crippen LogP contribution in [0.3, 0.4) is 0 Å². The molecule has 0 fully saturated rings. The quantitative estimate of drug-likeness (QED) is 0.582. The number of nitrogens with zero attached hydrogens (tertiary/aromatic N) is 3. The highest BCUT2D eigenvalue weighted by atomic mass is 16.6. The molecule has 0 saturated heterocycles. The van der Waals surface area contributed by atoms with E-state index < -0.39 is 4.92 Å². The molecule has 0 N–H and O–H groups in total. The van der Waals surface area contributed by atoms with Gasteiger partial charge in [-0.2, -0.15) is 4.98 Å². The van der Waals surface area contributed by atoms with E-state index in [0.29, 0.717) is 17.6 Å². The normalized spacial score (nSPS) is 10.3. The van der Waals surface area contributed by atoms with Gasteiger partial charge in [0.2, 0.25) is 0 Å². The molecular weight excluding hydrogens is 210 g/mol. The van der Waals surface area contributed by atoms with Gasteiger partial charge in [0.25, 0.3) is 5.88 Å². The largest absolute Gasteiger partial charge is 0.473 e. The second-order valence-corrected chi connectivity index (χ2v) is 3.05. The summed E-state index contributed by atoms with van der Waals surface area (Å²) in [6, 6.07) is 4.84. The Morgan fingerprint density at radius 2 is 2.38 bits per heavy atom. The lowest BCUT2D eigenvalue weighted by Gasteiger charge is -2.03. The smallest absolute Gasteiger partial charge is 0.331 e. The van der Waals surface area contributed by atoms with E-state index in [4.69, 9.17) is 4.74 Å². The first-order chi connectivity index (χ1) is 7.72. The lowest BCUT2D eigenvalue weighted by molar-refractivity contribution is -0.386. The molecule has 2 heterocycles. The van der Waals surface area contributed by atoms with Gasteiger partial charge in [-0.3, -0.25) is 10.1 Å². The van der Waals surface area contributed by atoms with Crippen molar-refractivity contribution in [3.8, 4) is 5.88 Å². The molecule has 0 aromatic carbocycles. The van der Waals surface area contributed by atoms with Gasteiger partial charge in [0.05, 0.1) is 11.5 Å². The molecule has 0 saturated carbocycles. The van der Waals surface area contributed by atoms with Gasteiger partial charge in [0.15, 0.2) is 5.65 Å². The average Bonchev–Trinajstić information content (AvgIpc) is 2.28. The van der Waals surface area contributed by atoms with E-state index in [1.54, 1.807) is 25.3 Å². The summed E-state index contributed by atoms with van der Waals surface area (Å²) in [7, 11) is 0. The minimum Gasteiger partial charge on any atom is -0.473 e. The molecule has 2 aromatic rings. The third-order valence-corrected chi connectivity index (χ3v) is 2.01. The fraction of sp³-hybridized carbons (Fsp3) is 0.200. The fourth-order valence-electron chi connectivity index (χ4n) is 1.35. The highest BCUT2D eigenvalue weighted by Crippen LogP contribution is 2.27. The molecular formula is C10H9N3O3. The number of aromatic nitrogens is 2. The summed E-state index contributed by atoms with van der Waals surface area (Å²) in [6.07, 6.45) is 1.58. The third kappa shape index (κ3) is 1.77. The monoisotopic (exact) mass is 219 g/mol. The zero-order chi connectivity index (χ0) is 11.5. The summed E-state index contributed by atoms with van der Waals surface area (Å²) < 4.78 is 5.11. The van der Waals surface area contributed by atoms with E-state index in [1.165, 1.54) is 6.07 Å². The molecule has 0 aliphatic rings. The molecule has 0 aliphatic carbocycles. The zero-order valence-corrected chi connectivity index (χ0v) is 8.58. The second-order valence-electron chi connectivity index (χ2n) is 3.05. The van der Waals surface area contributed by atoms with E-state index in [2.05, 4.69) is 9.97 Å². The van der Waals surface area contributed by atoms with Crippen LogP contribution in [0.5, 0.6) is 5.88 Å². The van der Waals surface area contributed by atoms with Crippen molar-refractivity contribution in [2.75, 3.05) is 6.61 Å². The van der Waals surface area contributed by atoms with E-state index in [-0.39, 0.29) is 11.6 Å². The van der Waals surface area contributed by atoms with E-state index >= 15 is 0 Å². The van der Waals surface area contributed by atoms with E-state index in [0.717, 1.165) is 0 Å². The molecule has 0 bridgehead atoms. The highest BCUT2D eigenvalue weighted by molar-refractivity contribution is 5.78. The summed E-state index contributed by atoms with van der Waals surface area (Å²) in [6.45, 7) is 2.07. The maximum atomic E-state index is 10.8. The van der Waals surface area contributed by atoms with Crippen molar-refractivity contribution in [3.05, 3.63) is 34.5 Å². The Morgan fingerprint density at radius 1 is 1.56 bits per heavy atom. The van der Waals surface area contributed by atoms with Crippen molar-refractivity contribution in [2.45, 2.75) is 6.92 Å². The minimum absolute atomic E-state index is 0.0127. The molecule has 0 unspecified atom stereocenters. The number of rotatable bonds is 3. The van der Waals surface area contributed by atoms with Crippen molar-refractivity contribution < 1.29 is 9.66 Å². The number of hydrogen-bond donors (Lipinski definition) is 0. The van der Waals surface area contributed by atoms with Crippen molar-refractivity contribution in [2.24, 2.45) is 0 Å². The zero-order valence-electron chi connectivity index (χ0n) is 8.58. The van der Waals surface area contributed by atoms with Crippen LogP contribution in [0.15, 0.2) is 24.4 Å². The molecule has 0 radical (unpaired) electrons. The first kappa shape index (κ1) is 10.3. The predicted octanol–water partition coefficient (Wildman–Crippen LogP) is 1.94. The third-order valence-electron chi connectivity index (χ3n) is 2.01.